The van der Waals surface area contributed by atoms with Gasteiger partial charge in [-0.1, -0.05) is 30.3 Å². The van der Waals surface area contributed by atoms with E-state index in [1.54, 1.807) is 4.68 Å². The molecule has 2 aliphatic rings. The van der Waals surface area contributed by atoms with Crippen LogP contribution in [-0.4, -0.2) is 46.2 Å². The topological polar surface area (TPSA) is 104 Å². The molecular formula is C19H22N8O. The highest BCUT2D eigenvalue weighted by molar-refractivity contribution is 5.92. The van der Waals surface area contributed by atoms with Crippen molar-refractivity contribution in [1.29, 1.82) is 0 Å². The van der Waals surface area contributed by atoms with Crippen LogP contribution in [0, 0.1) is 0 Å². The molecular weight excluding hydrogens is 356 g/mol. The van der Waals surface area contributed by atoms with Gasteiger partial charge in [0.25, 0.3) is 0 Å². The molecule has 144 valence electrons. The summed E-state index contributed by atoms with van der Waals surface area (Å²) in [5, 5.41) is 22.7. The molecule has 4 heterocycles. The molecule has 0 bridgehead atoms. The first-order valence-electron chi connectivity index (χ1n) is 9.63. The summed E-state index contributed by atoms with van der Waals surface area (Å²) in [4.78, 5) is 11.2. The first kappa shape index (κ1) is 18.1. The zero-order chi connectivity index (χ0) is 19.2. The minimum absolute atomic E-state index is 0.0625. The number of tetrazole rings is 2. The Bertz CT molecular complexity index is 959. The van der Waals surface area contributed by atoms with Crippen molar-refractivity contribution in [2.24, 2.45) is 0 Å². The third-order valence-electron chi connectivity index (χ3n) is 4.83. The fraction of sp³-hybridized carbons (Fsp3) is 0.421. The molecule has 0 spiro atoms. The van der Waals surface area contributed by atoms with E-state index in [9.17, 15) is 4.79 Å². The van der Waals surface area contributed by atoms with Gasteiger partial charge >= 0.3 is 0 Å². The van der Waals surface area contributed by atoms with Crippen LogP contribution in [0.15, 0.2) is 30.3 Å². The summed E-state index contributed by atoms with van der Waals surface area (Å²) >= 11 is 0. The highest BCUT2D eigenvalue weighted by atomic mass is 16.1. The number of nitrogens with zero attached hydrogens (tertiary/aromatic N) is 8. The highest BCUT2D eigenvalue weighted by Gasteiger charge is 2.17. The molecule has 3 aromatic rings. The predicted octanol–water partition coefficient (Wildman–Crippen LogP) is 2.44. The Labute approximate surface area is 162 Å². The zero-order valence-corrected chi connectivity index (χ0v) is 15.6. The van der Waals surface area contributed by atoms with Crippen molar-refractivity contribution >= 4 is 17.4 Å². The number of ketones is 1. The Morgan fingerprint density at radius 3 is 2.18 bits per heavy atom. The van der Waals surface area contributed by atoms with E-state index in [0.717, 1.165) is 44.6 Å². The summed E-state index contributed by atoms with van der Waals surface area (Å²) in [5.41, 5.74) is 2.44. The van der Waals surface area contributed by atoms with Crippen molar-refractivity contribution in [2.75, 3.05) is 0 Å². The number of hydrogen-bond acceptors (Lipinski definition) is 7. The molecule has 9 nitrogen and oxygen atoms in total. The minimum atomic E-state index is 0.0625. The summed E-state index contributed by atoms with van der Waals surface area (Å²) in [6.07, 6.45) is 8.07. The van der Waals surface area contributed by atoms with Gasteiger partial charge in [0, 0.05) is 19.5 Å². The first-order chi connectivity index (χ1) is 13.8. The smallest absolute Gasteiger partial charge is 0.218 e. The lowest BCUT2D eigenvalue weighted by Crippen LogP contribution is -2.07. The van der Waals surface area contributed by atoms with Gasteiger partial charge < -0.3 is 0 Å². The number of aryl methyl sites for hydroxylation is 2. The third kappa shape index (κ3) is 4.19. The number of hydrogen-bond donors (Lipinski definition) is 0. The van der Waals surface area contributed by atoms with Crippen LogP contribution in [0.3, 0.4) is 0 Å². The van der Waals surface area contributed by atoms with Crippen molar-refractivity contribution in [3.05, 3.63) is 47.5 Å². The van der Waals surface area contributed by atoms with Crippen LogP contribution in [-0.2, 0) is 13.1 Å². The van der Waals surface area contributed by atoms with Crippen LogP contribution in [0.5, 0.6) is 0 Å². The maximum atomic E-state index is 11.2. The fourth-order valence-electron chi connectivity index (χ4n) is 3.38. The van der Waals surface area contributed by atoms with Crippen molar-refractivity contribution in [3.63, 3.8) is 0 Å². The molecule has 0 saturated heterocycles. The molecule has 0 aliphatic carbocycles. The second-order valence-corrected chi connectivity index (χ2v) is 6.87. The molecule has 0 amide bonds. The second-order valence-electron chi connectivity index (χ2n) is 6.87. The van der Waals surface area contributed by atoms with Crippen LogP contribution in [0.1, 0.15) is 60.5 Å². The summed E-state index contributed by atoms with van der Waals surface area (Å²) in [5.74, 6) is 1.40. The summed E-state index contributed by atoms with van der Waals surface area (Å²) in [6.45, 7) is 1.70. The van der Waals surface area contributed by atoms with Gasteiger partial charge in [0.2, 0.25) is 11.6 Å². The molecule has 5 rings (SSSR count). The van der Waals surface area contributed by atoms with Gasteiger partial charge in [0.05, 0.1) is 0 Å². The number of aromatic nitrogens is 8. The maximum Gasteiger partial charge on any atom is 0.218 e. The van der Waals surface area contributed by atoms with Gasteiger partial charge in [-0.3, -0.25) is 4.79 Å². The van der Waals surface area contributed by atoms with E-state index in [4.69, 9.17) is 0 Å². The molecule has 0 saturated carbocycles. The quantitative estimate of drug-likeness (QED) is 0.640. The van der Waals surface area contributed by atoms with E-state index in [-0.39, 0.29) is 5.78 Å². The number of rotatable bonds is 1. The molecule has 2 aliphatic heterocycles. The average Bonchev–Trinajstić information content (AvgIpc) is 3.31. The number of fused-ring (bicyclic) bond motifs is 2. The largest absolute Gasteiger partial charge is 0.291 e. The second kappa shape index (κ2) is 8.64. The highest BCUT2D eigenvalue weighted by Crippen LogP contribution is 2.24. The molecule has 0 atom stereocenters. The number of allylic oxidation sites excluding steroid dienone is 1. The van der Waals surface area contributed by atoms with Gasteiger partial charge in [-0.25, -0.2) is 9.36 Å². The Morgan fingerprint density at radius 2 is 1.43 bits per heavy atom. The Balaban J connectivity index is 0.000000151. The molecule has 0 fully saturated rings. The number of benzene rings is 1. The predicted molar refractivity (Wildman–Crippen MR) is 102 cm³/mol. The molecule has 2 aromatic heterocycles. The SMILES string of the molecule is C(=C1CCCCn2nnnc21)c1ccccc1.O=C1CCCCn2nnnc21. The summed E-state index contributed by atoms with van der Waals surface area (Å²) in [7, 11) is 0. The Morgan fingerprint density at radius 1 is 0.786 bits per heavy atom. The first-order valence-corrected chi connectivity index (χ1v) is 9.63. The van der Waals surface area contributed by atoms with Crippen LogP contribution in [0.25, 0.3) is 11.6 Å². The normalized spacial score (nSPS) is 17.7. The fourth-order valence-corrected chi connectivity index (χ4v) is 3.38. The number of Topliss-reactive ketones (excluding diaryl/α,β-unsaturated/α-hetero) is 1. The van der Waals surface area contributed by atoms with E-state index in [0.29, 0.717) is 12.2 Å². The van der Waals surface area contributed by atoms with Crippen LogP contribution in [0.2, 0.25) is 0 Å². The standard InChI is InChI=1S/C13H14N4.C6H8N4O/c1-2-6-11(7-3-1)10-12-8-4-5-9-17-13(12)14-15-16-17;11-5-3-1-2-4-10-6(5)7-8-9-10/h1-3,6-7,10H,4-5,8-9H2;1-4H2. The lowest BCUT2D eigenvalue weighted by Gasteiger charge is -2.02. The van der Waals surface area contributed by atoms with Crippen molar-refractivity contribution in [2.45, 2.75) is 51.6 Å². The van der Waals surface area contributed by atoms with Crippen LogP contribution >= 0.6 is 0 Å². The van der Waals surface area contributed by atoms with Gasteiger partial charge in [-0.05, 0) is 70.2 Å². The lowest BCUT2D eigenvalue weighted by atomic mass is 10.1. The third-order valence-corrected chi connectivity index (χ3v) is 4.83. The van der Waals surface area contributed by atoms with Gasteiger partial charge in [-0.2, -0.15) is 0 Å². The monoisotopic (exact) mass is 378 g/mol. The van der Waals surface area contributed by atoms with Gasteiger partial charge in [0.15, 0.2) is 5.82 Å². The summed E-state index contributed by atoms with van der Waals surface area (Å²) in [6, 6.07) is 10.3. The van der Waals surface area contributed by atoms with E-state index in [1.165, 1.54) is 17.6 Å². The number of carbonyl (C=O) groups excluding carboxylic acids is 1. The van der Waals surface area contributed by atoms with Gasteiger partial charge in [0.1, 0.15) is 0 Å². The van der Waals surface area contributed by atoms with E-state index >= 15 is 0 Å². The van der Waals surface area contributed by atoms with Gasteiger partial charge in [-0.15, -0.1) is 10.2 Å². The molecule has 0 unspecified atom stereocenters. The number of carbonyl (C=O) groups is 1. The average molecular weight is 378 g/mol. The van der Waals surface area contributed by atoms with E-state index in [2.05, 4.69) is 49.3 Å². The van der Waals surface area contributed by atoms with E-state index in [1.807, 2.05) is 22.9 Å². The lowest BCUT2D eigenvalue weighted by molar-refractivity contribution is 0.0971. The van der Waals surface area contributed by atoms with Crippen molar-refractivity contribution in [3.8, 4) is 0 Å². The molecule has 28 heavy (non-hydrogen) atoms. The molecule has 9 heteroatoms. The minimum Gasteiger partial charge on any atom is -0.291 e. The Hall–Kier alpha value is -3.23. The Kier molecular flexibility index (Phi) is 5.60. The molecule has 0 N–H and O–H groups in total. The van der Waals surface area contributed by atoms with Crippen molar-refractivity contribution < 1.29 is 4.79 Å². The molecule has 0 radical (unpaired) electrons. The zero-order valence-electron chi connectivity index (χ0n) is 15.6. The van der Waals surface area contributed by atoms with E-state index < -0.39 is 0 Å². The van der Waals surface area contributed by atoms with Crippen LogP contribution in [0.4, 0.5) is 0 Å². The molecule has 1 aromatic carbocycles. The summed E-state index contributed by atoms with van der Waals surface area (Å²) < 4.78 is 3.48. The maximum absolute atomic E-state index is 11.2. The van der Waals surface area contributed by atoms with Crippen molar-refractivity contribution in [1.82, 2.24) is 40.4 Å². The van der Waals surface area contributed by atoms with Crippen LogP contribution < -0.4 is 0 Å².